The molecule has 0 spiro atoms. The Labute approximate surface area is 142 Å². The number of carbonyl (C=O) groups excluding carboxylic acids is 2. The van der Waals surface area contributed by atoms with Crippen LogP contribution in [0.1, 0.15) is 30.5 Å². The normalized spacial score (nSPS) is 20.2. The van der Waals surface area contributed by atoms with Crippen LogP contribution in [0, 0.1) is 5.92 Å². The Bertz CT molecular complexity index is 699. The highest BCUT2D eigenvalue weighted by Crippen LogP contribution is 2.38. The zero-order valence-corrected chi connectivity index (χ0v) is 13.7. The number of ether oxygens (including phenoxy) is 1. The van der Waals surface area contributed by atoms with Crippen molar-refractivity contribution in [1.82, 2.24) is 4.90 Å². The third-order valence-electron chi connectivity index (χ3n) is 4.37. The number of carbonyl (C=O) groups is 2. The summed E-state index contributed by atoms with van der Waals surface area (Å²) >= 11 is 0. The molecule has 0 saturated carbocycles. The van der Waals surface area contributed by atoms with E-state index in [1.807, 2.05) is 60.7 Å². The summed E-state index contributed by atoms with van der Waals surface area (Å²) in [5.74, 6) is -1.27. The predicted octanol–water partition coefficient (Wildman–Crippen LogP) is 3.34. The number of likely N-dealkylation sites (tertiary alicyclic amines) is 1. The van der Waals surface area contributed by atoms with Crippen LogP contribution in [0.25, 0.3) is 0 Å². The summed E-state index contributed by atoms with van der Waals surface area (Å²) in [6.45, 7) is 2.54. The molecule has 4 heteroatoms. The smallest absolute Gasteiger partial charge is 0.318 e. The number of nitrogens with zero attached hydrogens (tertiary/aromatic N) is 1. The summed E-state index contributed by atoms with van der Waals surface area (Å²) in [5, 5.41) is 0. The molecule has 1 saturated heterocycles. The van der Waals surface area contributed by atoms with Crippen LogP contribution in [0.5, 0.6) is 0 Å². The third-order valence-corrected chi connectivity index (χ3v) is 4.37. The average Bonchev–Trinajstić information content (AvgIpc) is 2.94. The SMILES string of the molecule is CCOC(=O)C1CC(c2ccccc2)N(Cc2ccccc2)C1=O. The second-order valence-electron chi connectivity index (χ2n) is 5.92. The number of hydrogen-bond donors (Lipinski definition) is 0. The van der Waals surface area contributed by atoms with Crippen LogP contribution < -0.4 is 0 Å². The molecule has 1 amide bonds. The zero-order chi connectivity index (χ0) is 16.9. The fourth-order valence-electron chi connectivity index (χ4n) is 3.20. The van der Waals surface area contributed by atoms with Crippen LogP contribution in [0.4, 0.5) is 0 Å². The van der Waals surface area contributed by atoms with E-state index in [4.69, 9.17) is 4.74 Å². The second kappa shape index (κ2) is 7.30. The maximum absolute atomic E-state index is 12.8. The Morgan fingerprint density at radius 2 is 1.71 bits per heavy atom. The van der Waals surface area contributed by atoms with E-state index in [-0.39, 0.29) is 18.6 Å². The quantitative estimate of drug-likeness (QED) is 0.626. The third kappa shape index (κ3) is 3.32. The van der Waals surface area contributed by atoms with E-state index in [1.165, 1.54) is 0 Å². The number of esters is 1. The van der Waals surface area contributed by atoms with Crippen molar-refractivity contribution in [2.75, 3.05) is 6.61 Å². The zero-order valence-electron chi connectivity index (χ0n) is 13.7. The largest absolute Gasteiger partial charge is 0.465 e. The van der Waals surface area contributed by atoms with E-state index in [0.717, 1.165) is 11.1 Å². The van der Waals surface area contributed by atoms with Gasteiger partial charge in [0.15, 0.2) is 0 Å². The molecule has 2 aromatic rings. The molecule has 3 rings (SSSR count). The average molecular weight is 323 g/mol. The van der Waals surface area contributed by atoms with Crippen molar-refractivity contribution >= 4 is 11.9 Å². The van der Waals surface area contributed by atoms with E-state index >= 15 is 0 Å². The van der Waals surface area contributed by atoms with Gasteiger partial charge in [0.2, 0.25) is 5.91 Å². The van der Waals surface area contributed by atoms with Gasteiger partial charge >= 0.3 is 5.97 Å². The van der Waals surface area contributed by atoms with E-state index < -0.39 is 11.9 Å². The van der Waals surface area contributed by atoms with E-state index in [0.29, 0.717) is 13.0 Å². The lowest BCUT2D eigenvalue weighted by Gasteiger charge is -2.25. The first kappa shape index (κ1) is 16.2. The van der Waals surface area contributed by atoms with Gasteiger partial charge in [-0.3, -0.25) is 9.59 Å². The van der Waals surface area contributed by atoms with E-state index in [9.17, 15) is 9.59 Å². The van der Waals surface area contributed by atoms with Gasteiger partial charge in [0.25, 0.3) is 0 Å². The lowest BCUT2D eigenvalue weighted by molar-refractivity contribution is -0.152. The molecule has 4 nitrogen and oxygen atoms in total. The van der Waals surface area contributed by atoms with Crippen molar-refractivity contribution < 1.29 is 14.3 Å². The molecule has 1 aliphatic heterocycles. The van der Waals surface area contributed by atoms with Crippen molar-refractivity contribution in [2.24, 2.45) is 5.92 Å². The Morgan fingerprint density at radius 1 is 1.08 bits per heavy atom. The van der Waals surface area contributed by atoms with Crippen LogP contribution in [-0.4, -0.2) is 23.4 Å². The highest BCUT2D eigenvalue weighted by atomic mass is 16.5. The molecule has 1 fully saturated rings. The topological polar surface area (TPSA) is 46.6 Å². The van der Waals surface area contributed by atoms with Gasteiger partial charge in [-0.1, -0.05) is 60.7 Å². The minimum Gasteiger partial charge on any atom is -0.465 e. The molecule has 1 heterocycles. The lowest BCUT2D eigenvalue weighted by atomic mass is 9.99. The Balaban J connectivity index is 1.89. The summed E-state index contributed by atoms with van der Waals surface area (Å²) in [6.07, 6.45) is 0.467. The molecule has 2 aromatic carbocycles. The van der Waals surface area contributed by atoms with Crippen LogP contribution in [0.15, 0.2) is 60.7 Å². The molecule has 0 bridgehead atoms. The van der Waals surface area contributed by atoms with Gasteiger partial charge in [0.05, 0.1) is 12.6 Å². The molecule has 0 radical (unpaired) electrons. The molecule has 24 heavy (non-hydrogen) atoms. The number of hydrogen-bond acceptors (Lipinski definition) is 3. The summed E-state index contributed by atoms with van der Waals surface area (Å²) in [4.78, 5) is 26.8. The van der Waals surface area contributed by atoms with E-state index in [2.05, 4.69) is 0 Å². The molecule has 1 aliphatic rings. The van der Waals surface area contributed by atoms with Gasteiger partial charge in [-0.15, -0.1) is 0 Å². The minimum absolute atomic E-state index is 0.103. The monoisotopic (exact) mass is 323 g/mol. The maximum Gasteiger partial charge on any atom is 0.318 e. The Kier molecular flexibility index (Phi) is 4.94. The fraction of sp³-hybridized carbons (Fsp3) is 0.300. The van der Waals surface area contributed by atoms with E-state index in [1.54, 1.807) is 11.8 Å². The van der Waals surface area contributed by atoms with Gasteiger partial charge < -0.3 is 9.64 Å². The standard InChI is InChI=1S/C20H21NO3/c1-2-24-20(23)17-13-18(16-11-7-4-8-12-16)21(19(17)22)14-15-9-5-3-6-10-15/h3-12,17-18H,2,13-14H2,1H3. The molecule has 2 unspecified atom stereocenters. The van der Waals surface area contributed by atoms with Crippen LogP contribution in [-0.2, 0) is 20.9 Å². The Hall–Kier alpha value is -2.62. The lowest BCUT2D eigenvalue weighted by Crippen LogP contribution is -2.32. The molecular formula is C20H21NO3. The van der Waals surface area contributed by atoms with Crippen molar-refractivity contribution in [3.63, 3.8) is 0 Å². The van der Waals surface area contributed by atoms with Gasteiger partial charge in [0, 0.05) is 6.54 Å². The predicted molar refractivity (Wildman–Crippen MR) is 90.9 cm³/mol. The molecule has 0 N–H and O–H groups in total. The number of rotatable bonds is 5. The first-order chi connectivity index (χ1) is 11.7. The number of amides is 1. The first-order valence-corrected chi connectivity index (χ1v) is 8.26. The van der Waals surface area contributed by atoms with Crippen molar-refractivity contribution in [3.8, 4) is 0 Å². The maximum atomic E-state index is 12.8. The van der Waals surface area contributed by atoms with Gasteiger partial charge in [-0.2, -0.15) is 0 Å². The van der Waals surface area contributed by atoms with Crippen molar-refractivity contribution in [3.05, 3.63) is 71.8 Å². The summed E-state index contributed by atoms with van der Waals surface area (Å²) in [5.41, 5.74) is 2.10. The first-order valence-electron chi connectivity index (χ1n) is 8.26. The molecular weight excluding hydrogens is 302 g/mol. The summed E-state index contributed by atoms with van der Waals surface area (Å²) in [6, 6.07) is 19.6. The van der Waals surface area contributed by atoms with Gasteiger partial charge in [-0.25, -0.2) is 0 Å². The molecule has 0 aromatic heterocycles. The minimum atomic E-state index is -0.709. The Morgan fingerprint density at radius 3 is 2.33 bits per heavy atom. The van der Waals surface area contributed by atoms with Gasteiger partial charge in [0.1, 0.15) is 5.92 Å². The van der Waals surface area contributed by atoms with Crippen molar-refractivity contribution in [2.45, 2.75) is 25.9 Å². The number of benzene rings is 2. The summed E-state index contributed by atoms with van der Waals surface area (Å²) in [7, 11) is 0. The highest BCUT2D eigenvalue weighted by Gasteiger charge is 2.44. The van der Waals surface area contributed by atoms with Crippen LogP contribution in [0.3, 0.4) is 0 Å². The van der Waals surface area contributed by atoms with Crippen LogP contribution in [0.2, 0.25) is 0 Å². The summed E-state index contributed by atoms with van der Waals surface area (Å²) < 4.78 is 5.09. The molecule has 0 aliphatic carbocycles. The molecule has 2 atom stereocenters. The highest BCUT2D eigenvalue weighted by molar-refractivity contribution is 5.99. The second-order valence-corrected chi connectivity index (χ2v) is 5.92. The fourth-order valence-corrected chi connectivity index (χ4v) is 3.20. The van der Waals surface area contributed by atoms with Crippen LogP contribution >= 0.6 is 0 Å². The van der Waals surface area contributed by atoms with Gasteiger partial charge in [-0.05, 0) is 24.5 Å². The van der Waals surface area contributed by atoms with Crippen molar-refractivity contribution in [1.29, 1.82) is 0 Å². The molecule has 124 valence electrons.